The molecule has 0 unspecified atom stereocenters. The molecule has 0 aliphatic carbocycles. The van der Waals surface area contributed by atoms with E-state index in [2.05, 4.69) is 17.4 Å². The lowest BCUT2D eigenvalue weighted by Crippen LogP contribution is -2.29. The summed E-state index contributed by atoms with van der Waals surface area (Å²) in [4.78, 5) is 14.8. The van der Waals surface area contributed by atoms with Gasteiger partial charge in [-0.2, -0.15) is 0 Å². The van der Waals surface area contributed by atoms with Gasteiger partial charge >= 0.3 is 0 Å². The number of hydrogen-bond acceptors (Lipinski definition) is 4. The van der Waals surface area contributed by atoms with Crippen LogP contribution in [0.3, 0.4) is 0 Å². The van der Waals surface area contributed by atoms with Crippen molar-refractivity contribution in [2.45, 2.75) is 19.6 Å². The fourth-order valence-electron chi connectivity index (χ4n) is 2.94. The number of rotatable bonds is 3. The normalized spacial score (nSPS) is 13.9. The molecule has 1 aromatic carbocycles. The molecule has 0 radical (unpaired) electrons. The Kier molecular flexibility index (Phi) is 3.59. The lowest BCUT2D eigenvalue weighted by Gasteiger charge is -2.23. The summed E-state index contributed by atoms with van der Waals surface area (Å²) >= 11 is 0. The minimum absolute atomic E-state index is 0.0578. The van der Waals surface area contributed by atoms with E-state index in [1.165, 1.54) is 0 Å². The Morgan fingerprint density at radius 2 is 2.19 bits per heavy atom. The van der Waals surface area contributed by atoms with E-state index in [9.17, 15) is 4.79 Å². The van der Waals surface area contributed by atoms with Crippen molar-refractivity contribution in [1.82, 2.24) is 4.57 Å². The van der Waals surface area contributed by atoms with E-state index in [4.69, 9.17) is 4.74 Å². The zero-order valence-corrected chi connectivity index (χ0v) is 12.8. The van der Waals surface area contributed by atoms with Crippen molar-refractivity contribution in [2.24, 2.45) is 0 Å². The highest BCUT2D eigenvalue weighted by Crippen LogP contribution is 2.30. The standard InChI is InChI=1S/C16H21N3O2/c1-18(2)11-6-7-12-14(9-11)19(10-21-3)16(20)13-5-4-8-17-15(12)13/h6-7,9,17H,4-5,8,10H2,1-3H3. The van der Waals surface area contributed by atoms with Crippen LogP contribution in [0.5, 0.6) is 0 Å². The van der Waals surface area contributed by atoms with Crippen LogP contribution in [0.1, 0.15) is 12.0 Å². The number of pyridine rings is 1. The average molecular weight is 287 g/mol. The summed E-state index contributed by atoms with van der Waals surface area (Å²) in [5.41, 5.74) is 3.92. The van der Waals surface area contributed by atoms with Gasteiger partial charge in [-0.1, -0.05) is 0 Å². The van der Waals surface area contributed by atoms with Crippen LogP contribution in [0.15, 0.2) is 23.0 Å². The molecule has 0 amide bonds. The number of aromatic nitrogens is 1. The predicted octanol–water partition coefficient (Wildman–Crippen LogP) is 2.03. The van der Waals surface area contributed by atoms with Crippen LogP contribution >= 0.6 is 0 Å². The average Bonchev–Trinajstić information content (AvgIpc) is 2.51. The van der Waals surface area contributed by atoms with Gasteiger partial charge in [-0.3, -0.25) is 9.36 Å². The number of fused-ring (bicyclic) bond motifs is 3. The summed E-state index contributed by atoms with van der Waals surface area (Å²) in [6.07, 6.45) is 1.83. The molecule has 1 N–H and O–H groups in total. The number of nitrogens with zero attached hydrogens (tertiary/aromatic N) is 2. The van der Waals surface area contributed by atoms with E-state index >= 15 is 0 Å². The molecule has 0 atom stereocenters. The van der Waals surface area contributed by atoms with Crippen molar-refractivity contribution in [2.75, 3.05) is 38.0 Å². The first kappa shape index (κ1) is 13.9. The summed E-state index contributed by atoms with van der Waals surface area (Å²) < 4.78 is 6.97. The molecule has 1 aromatic heterocycles. The summed E-state index contributed by atoms with van der Waals surface area (Å²) in [5, 5.41) is 4.49. The summed E-state index contributed by atoms with van der Waals surface area (Å²) in [7, 11) is 5.61. The predicted molar refractivity (Wildman–Crippen MR) is 86.4 cm³/mol. The van der Waals surface area contributed by atoms with Gasteiger partial charge in [0.05, 0.1) is 11.2 Å². The van der Waals surface area contributed by atoms with E-state index in [1.807, 2.05) is 25.1 Å². The number of hydrogen-bond donors (Lipinski definition) is 1. The Bertz CT molecular complexity index is 734. The molecule has 0 saturated carbocycles. The molecule has 3 rings (SSSR count). The minimum atomic E-state index is 0.0578. The van der Waals surface area contributed by atoms with Gasteiger partial charge in [-0.15, -0.1) is 0 Å². The highest BCUT2D eigenvalue weighted by molar-refractivity contribution is 5.95. The Hall–Kier alpha value is -2.01. The van der Waals surface area contributed by atoms with Gasteiger partial charge in [-0.25, -0.2) is 0 Å². The molecule has 21 heavy (non-hydrogen) atoms. The monoisotopic (exact) mass is 287 g/mol. The molecular weight excluding hydrogens is 266 g/mol. The third-order valence-electron chi connectivity index (χ3n) is 4.03. The fraction of sp³-hybridized carbons (Fsp3) is 0.438. The number of nitrogens with one attached hydrogen (secondary N) is 1. The smallest absolute Gasteiger partial charge is 0.258 e. The van der Waals surface area contributed by atoms with Gasteiger partial charge in [0, 0.05) is 44.4 Å². The quantitative estimate of drug-likeness (QED) is 0.938. The van der Waals surface area contributed by atoms with E-state index in [0.29, 0.717) is 0 Å². The highest BCUT2D eigenvalue weighted by atomic mass is 16.5. The van der Waals surface area contributed by atoms with Crippen molar-refractivity contribution in [3.8, 4) is 0 Å². The number of methoxy groups -OCH3 is 1. The first-order valence-electron chi connectivity index (χ1n) is 7.23. The van der Waals surface area contributed by atoms with Gasteiger partial charge in [0.2, 0.25) is 0 Å². The Morgan fingerprint density at radius 1 is 1.38 bits per heavy atom. The first-order chi connectivity index (χ1) is 10.1. The number of ether oxygens (including phenoxy) is 1. The Morgan fingerprint density at radius 3 is 2.90 bits per heavy atom. The molecule has 0 saturated heterocycles. The van der Waals surface area contributed by atoms with E-state index in [-0.39, 0.29) is 12.3 Å². The number of benzene rings is 1. The molecule has 0 bridgehead atoms. The Balaban J connectivity index is 2.36. The molecular formula is C16H21N3O2. The van der Waals surface area contributed by atoms with Gasteiger partial charge < -0.3 is 15.0 Å². The molecule has 1 aliphatic rings. The van der Waals surface area contributed by atoms with Crippen LogP contribution in [-0.4, -0.2) is 32.3 Å². The highest BCUT2D eigenvalue weighted by Gasteiger charge is 2.19. The molecule has 2 aromatic rings. The third kappa shape index (κ3) is 2.27. The molecule has 0 spiro atoms. The Labute approximate surface area is 124 Å². The second-order valence-corrected chi connectivity index (χ2v) is 5.63. The lowest BCUT2D eigenvalue weighted by atomic mass is 10.0. The molecule has 2 heterocycles. The van der Waals surface area contributed by atoms with Gasteiger partial charge in [-0.05, 0) is 31.0 Å². The van der Waals surface area contributed by atoms with Crippen LogP contribution in [0.25, 0.3) is 10.9 Å². The summed E-state index contributed by atoms with van der Waals surface area (Å²) in [5.74, 6) is 0. The maximum atomic E-state index is 12.7. The third-order valence-corrected chi connectivity index (χ3v) is 4.03. The molecule has 5 nitrogen and oxygen atoms in total. The van der Waals surface area contributed by atoms with Gasteiger partial charge in [0.15, 0.2) is 0 Å². The lowest BCUT2D eigenvalue weighted by molar-refractivity contribution is 0.131. The zero-order valence-electron chi connectivity index (χ0n) is 12.8. The second-order valence-electron chi connectivity index (χ2n) is 5.63. The molecule has 0 fully saturated rings. The molecule has 112 valence electrons. The van der Waals surface area contributed by atoms with Crippen LogP contribution in [0.4, 0.5) is 11.4 Å². The van der Waals surface area contributed by atoms with Gasteiger partial charge in [0.25, 0.3) is 5.56 Å². The van der Waals surface area contributed by atoms with Crippen molar-refractivity contribution in [1.29, 1.82) is 0 Å². The van der Waals surface area contributed by atoms with E-state index < -0.39 is 0 Å². The minimum Gasteiger partial charge on any atom is -0.384 e. The number of anilines is 2. The van der Waals surface area contributed by atoms with E-state index in [0.717, 1.165) is 47.2 Å². The largest absolute Gasteiger partial charge is 0.384 e. The van der Waals surface area contributed by atoms with E-state index in [1.54, 1.807) is 11.7 Å². The second kappa shape index (κ2) is 5.41. The maximum Gasteiger partial charge on any atom is 0.258 e. The molecule has 5 heteroatoms. The van der Waals surface area contributed by atoms with Crippen molar-refractivity contribution >= 4 is 22.3 Å². The first-order valence-corrected chi connectivity index (χ1v) is 7.23. The van der Waals surface area contributed by atoms with Crippen molar-refractivity contribution in [3.05, 3.63) is 34.1 Å². The van der Waals surface area contributed by atoms with Crippen LogP contribution < -0.4 is 15.8 Å². The van der Waals surface area contributed by atoms with Gasteiger partial charge in [0.1, 0.15) is 6.73 Å². The van der Waals surface area contributed by atoms with Crippen molar-refractivity contribution in [3.63, 3.8) is 0 Å². The van der Waals surface area contributed by atoms with Crippen LogP contribution in [0, 0.1) is 0 Å². The van der Waals surface area contributed by atoms with Crippen molar-refractivity contribution < 1.29 is 4.74 Å². The summed E-state index contributed by atoms with van der Waals surface area (Å²) in [6, 6.07) is 6.22. The zero-order chi connectivity index (χ0) is 15.0. The fourth-order valence-corrected chi connectivity index (χ4v) is 2.94. The topological polar surface area (TPSA) is 46.5 Å². The summed E-state index contributed by atoms with van der Waals surface area (Å²) in [6.45, 7) is 1.20. The van der Waals surface area contributed by atoms with Crippen LogP contribution in [0.2, 0.25) is 0 Å². The molecule has 1 aliphatic heterocycles. The van der Waals surface area contributed by atoms with Crippen LogP contribution in [-0.2, 0) is 17.9 Å². The maximum absolute atomic E-state index is 12.7. The SMILES string of the molecule is COCn1c(=O)c2c(c3ccc(N(C)C)cc31)NCCC2.